The molecule has 1 aromatic heterocycles. The van der Waals surface area contributed by atoms with Gasteiger partial charge in [0.15, 0.2) is 5.88 Å². The first-order chi connectivity index (χ1) is 10.5. The maximum Gasteiger partial charge on any atom is 0.271 e. The lowest BCUT2D eigenvalue weighted by molar-refractivity contribution is 0.0954. The molecule has 0 atom stereocenters. The minimum absolute atomic E-state index is 0.315. The van der Waals surface area contributed by atoms with Gasteiger partial charge >= 0.3 is 0 Å². The fourth-order valence-electron chi connectivity index (χ4n) is 1.67. The van der Waals surface area contributed by atoms with Crippen LogP contribution in [0.5, 0.6) is 5.75 Å². The number of hydrazone groups is 1. The predicted molar refractivity (Wildman–Crippen MR) is 93.8 cm³/mol. The lowest BCUT2D eigenvalue weighted by atomic mass is 10.2. The summed E-state index contributed by atoms with van der Waals surface area (Å²) in [5.41, 5.74) is 2.93. The third-order valence-electron chi connectivity index (χ3n) is 2.82. The Morgan fingerprint density at radius 2 is 2.14 bits per heavy atom. The largest absolute Gasteiger partial charge is 0.496 e. The van der Waals surface area contributed by atoms with E-state index in [0.29, 0.717) is 17.1 Å². The number of hydrogen-bond acceptors (Lipinski definition) is 5. The average molecular weight is 413 g/mol. The number of carbonyl (C=O) groups is 1. The van der Waals surface area contributed by atoms with E-state index < -0.39 is 0 Å². The number of hydrogen-bond donors (Lipinski definition) is 1. The molecule has 6 nitrogen and oxygen atoms in total. The van der Waals surface area contributed by atoms with Gasteiger partial charge in [0.1, 0.15) is 11.5 Å². The summed E-state index contributed by atoms with van der Waals surface area (Å²) >= 11 is 2.14. The van der Waals surface area contributed by atoms with Crippen molar-refractivity contribution in [3.05, 3.63) is 45.2 Å². The molecule has 1 amide bonds. The Labute approximate surface area is 142 Å². The van der Waals surface area contributed by atoms with Gasteiger partial charge in [0.2, 0.25) is 0 Å². The molecule has 1 heterocycles. The van der Waals surface area contributed by atoms with E-state index >= 15 is 0 Å². The summed E-state index contributed by atoms with van der Waals surface area (Å²) in [6.07, 6.45) is 1.45. The number of anilines is 1. The van der Waals surface area contributed by atoms with E-state index in [1.165, 1.54) is 6.21 Å². The van der Waals surface area contributed by atoms with Crippen LogP contribution in [-0.2, 0) is 0 Å². The number of benzene rings is 1. The zero-order valence-electron chi connectivity index (χ0n) is 12.5. The highest BCUT2D eigenvalue weighted by atomic mass is 127. The van der Waals surface area contributed by atoms with E-state index in [1.807, 2.05) is 31.1 Å². The number of furan rings is 1. The lowest BCUT2D eigenvalue weighted by Crippen LogP contribution is -2.17. The molecule has 2 aromatic rings. The highest BCUT2D eigenvalue weighted by Gasteiger charge is 2.08. The van der Waals surface area contributed by atoms with Gasteiger partial charge in [-0.05, 0) is 46.9 Å². The fourth-order valence-corrected chi connectivity index (χ4v) is 2.23. The summed E-state index contributed by atoms with van der Waals surface area (Å²) in [4.78, 5) is 13.8. The summed E-state index contributed by atoms with van der Waals surface area (Å²) in [5.74, 6) is 1.61. The van der Waals surface area contributed by atoms with Crippen LogP contribution in [0.3, 0.4) is 0 Å². The maximum absolute atomic E-state index is 12.0. The molecule has 0 aliphatic carbocycles. The molecule has 0 saturated heterocycles. The van der Waals surface area contributed by atoms with E-state index in [9.17, 15) is 4.79 Å². The molecule has 0 fully saturated rings. The van der Waals surface area contributed by atoms with Crippen LogP contribution >= 0.6 is 22.6 Å². The summed E-state index contributed by atoms with van der Waals surface area (Å²) < 4.78 is 11.6. The predicted octanol–water partition coefficient (Wildman–Crippen LogP) is 2.72. The van der Waals surface area contributed by atoms with E-state index in [0.717, 1.165) is 9.45 Å². The highest BCUT2D eigenvalue weighted by Crippen LogP contribution is 2.21. The van der Waals surface area contributed by atoms with Crippen LogP contribution < -0.4 is 15.1 Å². The van der Waals surface area contributed by atoms with E-state index in [1.54, 1.807) is 25.3 Å². The first-order valence-electron chi connectivity index (χ1n) is 6.45. The van der Waals surface area contributed by atoms with Gasteiger partial charge in [-0.3, -0.25) is 4.79 Å². The molecule has 0 saturated carbocycles. The van der Waals surface area contributed by atoms with E-state index in [-0.39, 0.29) is 5.91 Å². The Balaban J connectivity index is 2.01. The number of rotatable bonds is 5. The Morgan fingerprint density at radius 1 is 1.36 bits per heavy atom. The van der Waals surface area contributed by atoms with Crippen LogP contribution in [0.25, 0.3) is 0 Å². The van der Waals surface area contributed by atoms with Crippen molar-refractivity contribution < 1.29 is 13.9 Å². The third kappa shape index (κ3) is 4.00. The standard InChI is InChI=1S/C15H16IN3O3/c1-19(2)14-7-5-11(22-14)9-17-18-15(20)10-4-6-12(16)13(8-10)21-3/h4-9H,1-3H3,(H,18,20)/b17-9-. The maximum atomic E-state index is 12.0. The second kappa shape index (κ2) is 7.30. The second-order valence-electron chi connectivity index (χ2n) is 4.62. The number of nitrogens with zero attached hydrogens (tertiary/aromatic N) is 2. The normalized spacial score (nSPS) is 10.7. The molecular weight excluding hydrogens is 397 g/mol. The van der Waals surface area contributed by atoms with Gasteiger partial charge in [-0.15, -0.1) is 0 Å². The van der Waals surface area contributed by atoms with Crippen LogP contribution in [0.1, 0.15) is 16.1 Å². The molecule has 0 radical (unpaired) electrons. The number of carbonyl (C=O) groups excluding carboxylic acids is 1. The molecule has 0 aliphatic rings. The quantitative estimate of drug-likeness (QED) is 0.465. The number of methoxy groups -OCH3 is 1. The Bertz CT molecular complexity index is 695. The van der Waals surface area contributed by atoms with Crippen molar-refractivity contribution in [2.24, 2.45) is 5.10 Å². The van der Waals surface area contributed by atoms with Crippen molar-refractivity contribution in [1.82, 2.24) is 5.43 Å². The summed E-state index contributed by atoms with van der Waals surface area (Å²) in [5, 5.41) is 3.89. The van der Waals surface area contributed by atoms with Crippen LogP contribution in [0.4, 0.5) is 5.88 Å². The SMILES string of the molecule is COc1cc(C(=O)N/N=C\c2ccc(N(C)C)o2)ccc1I. The van der Waals surface area contributed by atoms with Crippen molar-refractivity contribution in [2.45, 2.75) is 0 Å². The fraction of sp³-hybridized carbons (Fsp3) is 0.200. The summed E-state index contributed by atoms with van der Waals surface area (Å²) in [6.45, 7) is 0. The lowest BCUT2D eigenvalue weighted by Gasteiger charge is -2.06. The number of nitrogens with one attached hydrogen (secondary N) is 1. The zero-order valence-corrected chi connectivity index (χ0v) is 14.6. The third-order valence-corrected chi connectivity index (χ3v) is 3.72. The minimum atomic E-state index is -0.315. The van der Waals surface area contributed by atoms with Crippen LogP contribution in [0, 0.1) is 3.57 Å². The topological polar surface area (TPSA) is 67.1 Å². The number of halogens is 1. The van der Waals surface area contributed by atoms with Gasteiger partial charge in [0.05, 0.1) is 16.9 Å². The van der Waals surface area contributed by atoms with Gasteiger partial charge < -0.3 is 14.1 Å². The Morgan fingerprint density at radius 3 is 2.77 bits per heavy atom. The molecule has 116 valence electrons. The Hall–Kier alpha value is -2.03. The average Bonchev–Trinajstić information content (AvgIpc) is 2.96. The van der Waals surface area contributed by atoms with Crippen LogP contribution in [0.2, 0.25) is 0 Å². The minimum Gasteiger partial charge on any atom is -0.496 e. The summed E-state index contributed by atoms with van der Waals surface area (Å²) in [6, 6.07) is 8.80. The monoisotopic (exact) mass is 413 g/mol. The Kier molecular flexibility index (Phi) is 5.42. The van der Waals surface area contributed by atoms with Crippen molar-refractivity contribution >= 4 is 40.6 Å². The van der Waals surface area contributed by atoms with Gasteiger partial charge in [-0.2, -0.15) is 5.10 Å². The second-order valence-corrected chi connectivity index (χ2v) is 5.78. The van der Waals surface area contributed by atoms with Crippen molar-refractivity contribution in [3.63, 3.8) is 0 Å². The van der Waals surface area contributed by atoms with Crippen molar-refractivity contribution in [3.8, 4) is 5.75 Å². The molecular formula is C15H16IN3O3. The molecule has 7 heteroatoms. The molecule has 0 unspecified atom stereocenters. The van der Waals surface area contributed by atoms with E-state index in [2.05, 4.69) is 33.1 Å². The van der Waals surface area contributed by atoms with Gasteiger partial charge in [0, 0.05) is 25.7 Å². The first kappa shape index (κ1) is 16.3. The first-order valence-corrected chi connectivity index (χ1v) is 7.53. The molecule has 1 N–H and O–H groups in total. The number of ether oxygens (including phenoxy) is 1. The smallest absolute Gasteiger partial charge is 0.271 e. The van der Waals surface area contributed by atoms with Crippen molar-refractivity contribution in [1.29, 1.82) is 0 Å². The molecule has 0 aliphatic heterocycles. The van der Waals surface area contributed by atoms with Gasteiger partial charge in [-0.25, -0.2) is 5.43 Å². The van der Waals surface area contributed by atoms with Crippen molar-refractivity contribution in [2.75, 3.05) is 26.1 Å². The summed E-state index contributed by atoms with van der Waals surface area (Å²) in [7, 11) is 5.33. The zero-order chi connectivity index (χ0) is 16.1. The molecule has 0 spiro atoms. The van der Waals surface area contributed by atoms with Crippen LogP contribution in [-0.4, -0.2) is 33.3 Å². The molecule has 1 aromatic carbocycles. The number of amides is 1. The van der Waals surface area contributed by atoms with Gasteiger partial charge in [-0.1, -0.05) is 0 Å². The molecule has 0 bridgehead atoms. The molecule has 2 rings (SSSR count). The van der Waals surface area contributed by atoms with Crippen LogP contribution in [0.15, 0.2) is 39.9 Å². The van der Waals surface area contributed by atoms with Gasteiger partial charge in [0.25, 0.3) is 5.91 Å². The molecule has 22 heavy (non-hydrogen) atoms. The van der Waals surface area contributed by atoms with E-state index in [4.69, 9.17) is 9.15 Å². The highest BCUT2D eigenvalue weighted by molar-refractivity contribution is 14.1.